The maximum Gasteiger partial charge on any atom is 0.223 e. The summed E-state index contributed by atoms with van der Waals surface area (Å²) in [7, 11) is 4.14. The van der Waals surface area contributed by atoms with E-state index in [1.807, 2.05) is 13.0 Å². The van der Waals surface area contributed by atoms with Crippen molar-refractivity contribution < 1.29 is 9.18 Å². The second-order valence-corrected chi connectivity index (χ2v) is 7.51. The van der Waals surface area contributed by atoms with Crippen molar-refractivity contribution >= 4 is 11.6 Å². The third-order valence-corrected chi connectivity index (χ3v) is 5.50. The lowest BCUT2D eigenvalue weighted by Gasteiger charge is -2.40. The van der Waals surface area contributed by atoms with Gasteiger partial charge in [-0.1, -0.05) is 6.07 Å². The molecular weight excluding hydrogens is 305 g/mol. The molecule has 1 aliphatic heterocycles. The van der Waals surface area contributed by atoms with Gasteiger partial charge in [0.1, 0.15) is 5.82 Å². The molecule has 0 bridgehead atoms. The summed E-state index contributed by atoms with van der Waals surface area (Å²) in [6.45, 7) is 3.56. The number of anilines is 1. The molecule has 3 rings (SSSR count). The van der Waals surface area contributed by atoms with Crippen molar-refractivity contribution in [2.45, 2.75) is 44.7 Å². The maximum absolute atomic E-state index is 14.0. The van der Waals surface area contributed by atoms with Gasteiger partial charge in [-0.2, -0.15) is 0 Å². The molecule has 1 N–H and O–H groups in total. The molecule has 0 atom stereocenters. The van der Waals surface area contributed by atoms with Crippen LogP contribution in [0.15, 0.2) is 18.2 Å². The van der Waals surface area contributed by atoms with Gasteiger partial charge in [-0.05, 0) is 64.4 Å². The Labute approximate surface area is 144 Å². The van der Waals surface area contributed by atoms with Crippen LogP contribution >= 0.6 is 0 Å². The molecule has 0 unspecified atom stereocenters. The normalized spacial score (nSPS) is 24.8. The van der Waals surface area contributed by atoms with E-state index in [1.165, 1.54) is 6.07 Å². The Morgan fingerprint density at radius 3 is 2.54 bits per heavy atom. The highest BCUT2D eigenvalue weighted by Crippen LogP contribution is 2.31. The standard InChI is InChI=1S/C19H28FN3O/c1-13-4-5-17(20)18(10-13)23-8-6-15(7-9-23)21-19(24)14-11-16(12-14)22(2)3/h4-5,10,14-16H,6-9,11-12H2,1-3H3,(H,21,24). The van der Waals surface area contributed by atoms with Gasteiger partial charge in [0.2, 0.25) is 5.91 Å². The molecule has 1 heterocycles. The minimum Gasteiger partial charge on any atom is -0.369 e. The number of hydrogen-bond acceptors (Lipinski definition) is 3. The topological polar surface area (TPSA) is 35.6 Å². The van der Waals surface area contributed by atoms with Crippen molar-refractivity contribution in [1.29, 1.82) is 0 Å². The zero-order valence-electron chi connectivity index (χ0n) is 14.9. The van der Waals surface area contributed by atoms with Gasteiger partial charge in [0.25, 0.3) is 0 Å². The highest BCUT2D eigenvalue weighted by Gasteiger charge is 2.36. The van der Waals surface area contributed by atoms with Gasteiger partial charge < -0.3 is 15.1 Å². The zero-order chi connectivity index (χ0) is 17.3. The predicted molar refractivity (Wildman–Crippen MR) is 94.7 cm³/mol. The number of carbonyl (C=O) groups excluding carboxylic acids is 1. The zero-order valence-corrected chi connectivity index (χ0v) is 14.9. The second kappa shape index (κ2) is 7.09. The number of carbonyl (C=O) groups is 1. The highest BCUT2D eigenvalue weighted by atomic mass is 19.1. The van der Waals surface area contributed by atoms with Gasteiger partial charge in [-0.15, -0.1) is 0 Å². The van der Waals surface area contributed by atoms with Crippen LogP contribution in [0, 0.1) is 18.7 Å². The Balaban J connectivity index is 1.47. The SMILES string of the molecule is Cc1ccc(F)c(N2CCC(NC(=O)C3CC(N(C)C)C3)CC2)c1. The Bertz CT molecular complexity index is 590. The molecular formula is C19H28FN3O. The summed E-state index contributed by atoms with van der Waals surface area (Å²) in [6.07, 6.45) is 3.68. The van der Waals surface area contributed by atoms with Crippen LogP contribution in [-0.4, -0.2) is 50.1 Å². The Morgan fingerprint density at radius 2 is 1.92 bits per heavy atom. The van der Waals surface area contributed by atoms with Gasteiger partial charge in [-0.3, -0.25) is 4.79 Å². The van der Waals surface area contributed by atoms with Crippen LogP contribution in [0.3, 0.4) is 0 Å². The fraction of sp³-hybridized carbons (Fsp3) is 0.632. The quantitative estimate of drug-likeness (QED) is 0.920. The molecule has 24 heavy (non-hydrogen) atoms. The summed E-state index contributed by atoms with van der Waals surface area (Å²) in [5, 5.41) is 3.20. The van der Waals surface area contributed by atoms with Gasteiger partial charge in [0.15, 0.2) is 0 Å². The second-order valence-electron chi connectivity index (χ2n) is 7.51. The van der Waals surface area contributed by atoms with Crippen LogP contribution in [0.5, 0.6) is 0 Å². The van der Waals surface area contributed by atoms with E-state index in [0.29, 0.717) is 11.7 Å². The first kappa shape index (κ1) is 17.2. The van der Waals surface area contributed by atoms with Crippen molar-refractivity contribution in [3.8, 4) is 0 Å². The third-order valence-electron chi connectivity index (χ3n) is 5.50. The molecule has 1 aliphatic carbocycles. The van der Waals surface area contributed by atoms with Crippen molar-refractivity contribution in [3.63, 3.8) is 0 Å². The molecule has 5 heteroatoms. The van der Waals surface area contributed by atoms with E-state index in [2.05, 4.69) is 29.2 Å². The summed E-state index contributed by atoms with van der Waals surface area (Å²) < 4.78 is 14.0. The highest BCUT2D eigenvalue weighted by molar-refractivity contribution is 5.80. The molecule has 2 aliphatic rings. The molecule has 2 fully saturated rings. The van der Waals surface area contributed by atoms with Crippen LogP contribution in [0.2, 0.25) is 0 Å². The van der Waals surface area contributed by atoms with Crippen LogP contribution in [0.1, 0.15) is 31.2 Å². The number of halogens is 1. The van der Waals surface area contributed by atoms with Crippen molar-refractivity contribution in [2.75, 3.05) is 32.1 Å². The van der Waals surface area contributed by atoms with Gasteiger partial charge in [0.05, 0.1) is 5.69 Å². The van der Waals surface area contributed by atoms with Crippen LogP contribution in [0.25, 0.3) is 0 Å². The lowest BCUT2D eigenvalue weighted by Crippen LogP contribution is -2.51. The number of nitrogens with zero attached hydrogens (tertiary/aromatic N) is 2. The van der Waals surface area contributed by atoms with Crippen molar-refractivity contribution in [2.24, 2.45) is 5.92 Å². The summed E-state index contributed by atoms with van der Waals surface area (Å²) in [4.78, 5) is 16.6. The Kier molecular flexibility index (Phi) is 5.09. The number of rotatable bonds is 4. The number of piperidine rings is 1. The molecule has 1 aromatic carbocycles. The third kappa shape index (κ3) is 3.72. The Hall–Kier alpha value is -1.62. The minimum absolute atomic E-state index is 0.160. The van der Waals surface area contributed by atoms with Gasteiger partial charge in [-0.25, -0.2) is 4.39 Å². The number of hydrogen-bond donors (Lipinski definition) is 1. The first-order valence-corrected chi connectivity index (χ1v) is 8.92. The predicted octanol–water partition coefficient (Wildman–Crippen LogP) is 2.56. The molecule has 4 nitrogen and oxygen atoms in total. The number of amides is 1. The van der Waals surface area contributed by atoms with E-state index < -0.39 is 0 Å². The van der Waals surface area contributed by atoms with Crippen molar-refractivity contribution in [3.05, 3.63) is 29.6 Å². The van der Waals surface area contributed by atoms with E-state index in [0.717, 1.165) is 44.3 Å². The molecule has 1 saturated heterocycles. The molecule has 0 aromatic heterocycles. The lowest BCUT2D eigenvalue weighted by atomic mass is 9.79. The molecule has 0 spiro atoms. The number of nitrogens with one attached hydrogen (secondary N) is 1. The van der Waals surface area contributed by atoms with E-state index in [4.69, 9.17) is 0 Å². The van der Waals surface area contributed by atoms with Gasteiger partial charge in [0, 0.05) is 31.1 Å². The van der Waals surface area contributed by atoms with E-state index >= 15 is 0 Å². The first-order chi connectivity index (χ1) is 11.4. The first-order valence-electron chi connectivity index (χ1n) is 8.92. The van der Waals surface area contributed by atoms with Crippen LogP contribution in [-0.2, 0) is 4.79 Å². The fourth-order valence-corrected chi connectivity index (χ4v) is 3.67. The molecule has 1 saturated carbocycles. The molecule has 1 amide bonds. The van der Waals surface area contributed by atoms with Crippen molar-refractivity contribution in [1.82, 2.24) is 10.2 Å². The Morgan fingerprint density at radius 1 is 1.25 bits per heavy atom. The summed E-state index contributed by atoms with van der Waals surface area (Å²) >= 11 is 0. The molecule has 1 aromatic rings. The van der Waals surface area contributed by atoms with Crippen LogP contribution < -0.4 is 10.2 Å². The number of aryl methyl sites for hydroxylation is 1. The van der Waals surface area contributed by atoms with Gasteiger partial charge >= 0.3 is 0 Å². The monoisotopic (exact) mass is 333 g/mol. The smallest absolute Gasteiger partial charge is 0.223 e. The van der Waals surface area contributed by atoms with E-state index in [9.17, 15) is 9.18 Å². The average Bonchev–Trinajstić information content (AvgIpc) is 2.48. The summed E-state index contributed by atoms with van der Waals surface area (Å²) in [5.74, 6) is 0.213. The van der Waals surface area contributed by atoms with E-state index in [1.54, 1.807) is 6.07 Å². The summed E-state index contributed by atoms with van der Waals surface area (Å²) in [6, 6.07) is 6.01. The fourth-order valence-electron chi connectivity index (χ4n) is 3.67. The maximum atomic E-state index is 14.0. The summed E-state index contributed by atoms with van der Waals surface area (Å²) in [5.41, 5.74) is 1.76. The lowest BCUT2D eigenvalue weighted by molar-refractivity contribution is -0.130. The van der Waals surface area contributed by atoms with Crippen LogP contribution in [0.4, 0.5) is 10.1 Å². The average molecular weight is 333 g/mol. The van der Waals surface area contributed by atoms with E-state index in [-0.39, 0.29) is 23.7 Å². The largest absolute Gasteiger partial charge is 0.369 e. The number of benzene rings is 1. The molecule has 132 valence electrons. The minimum atomic E-state index is -0.160. The molecule has 0 radical (unpaired) electrons.